The van der Waals surface area contributed by atoms with E-state index in [9.17, 15) is 13.9 Å². The summed E-state index contributed by atoms with van der Waals surface area (Å²) in [5.41, 5.74) is 0.872. The maximum atomic E-state index is 13.0. The fourth-order valence-corrected chi connectivity index (χ4v) is 1.62. The molecule has 1 aliphatic carbocycles. The molecule has 64 valence electrons. The van der Waals surface area contributed by atoms with Crippen molar-refractivity contribution in [3.63, 3.8) is 0 Å². The van der Waals surface area contributed by atoms with Gasteiger partial charge in [0.2, 0.25) is 0 Å². The van der Waals surface area contributed by atoms with Crippen LogP contribution in [0, 0.1) is 11.6 Å². The van der Waals surface area contributed by atoms with Gasteiger partial charge in [0, 0.05) is 6.07 Å². The summed E-state index contributed by atoms with van der Waals surface area (Å²) in [7, 11) is 0. The van der Waals surface area contributed by atoms with Crippen molar-refractivity contribution < 1.29 is 13.9 Å². The van der Waals surface area contributed by atoms with E-state index in [4.69, 9.17) is 0 Å². The van der Waals surface area contributed by atoms with Gasteiger partial charge < -0.3 is 5.11 Å². The SMILES string of the molecule is O[C@@H]1CCc2c(F)cc(F)cc21. The molecule has 0 bridgehead atoms. The highest BCUT2D eigenvalue weighted by Gasteiger charge is 2.23. The number of aliphatic hydroxyl groups excluding tert-OH is 1. The molecule has 0 radical (unpaired) electrons. The van der Waals surface area contributed by atoms with Crippen LogP contribution < -0.4 is 0 Å². The third-order valence-electron chi connectivity index (χ3n) is 2.22. The van der Waals surface area contributed by atoms with Crippen LogP contribution in [-0.4, -0.2) is 5.11 Å². The molecular weight excluding hydrogens is 162 g/mol. The highest BCUT2D eigenvalue weighted by Crippen LogP contribution is 2.32. The molecule has 0 saturated carbocycles. The third-order valence-corrected chi connectivity index (χ3v) is 2.22. The monoisotopic (exact) mass is 170 g/mol. The molecule has 0 aliphatic heterocycles. The topological polar surface area (TPSA) is 20.2 Å². The van der Waals surface area contributed by atoms with Crippen molar-refractivity contribution >= 4 is 0 Å². The smallest absolute Gasteiger partial charge is 0.129 e. The molecule has 2 rings (SSSR count). The van der Waals surface area contributed by atoms with Gasteiger partial charge in [-0.1, -0.05) is 0 Å². The number of rotatable bonds is 0. The van der Waals surface area contributed by atoms with Gasteiger partial charge in [-0.3, -0.25) is 0 Å². The van der Waals surface area contributed by atoms with Crippen LogP contribution in [0.1, 0.15) is 23.7 Å². The molecule has 1 atom stereocenters. The van der Waals surface area contributed by atoms with Crippen LogP contribution in [0.25, 0.3) is 0 Å². The Labute approximate surface area is 68.6 Å². The van der Waals surface area contributed by atoms with Crippen LogP contribution >= 0.6 is 0 Å². The van der Waals surface area contributed by atoms with Gasteiger partial charge in [0.25, 0.3) is 0 Å². The predicted molar refractivity (Wildman–Crippen MR) is 39.6 cm³/mol. The van der Waals surface area contributed by atoms with Gasteiger partial charge in [-0.2, -0.15) is 0 Å². The molecule has 0 unspecified atom stereocenters. The molecule has 1 aromatic rings. The van der Waals surface area contributed by atoms with Gasteiger partial charge in [-0.15, -0.1) is 0 Å². The minimum absolute atomic E-state index is 0.410. The molecule has 0 fully saturated rings. The van der Waals surface area contributed by atoms with Crippen molar-refractivity contribution in [1.82, 2.24) is 0 Å². The van der Waals surface area contributed by atoms with E-state index in [1.807, 2.05) is 0 Å². The summed E-state index contributed by atoms with van der Waals surface area (Å²) in [6, 6.07) is 2.06. The van der Waals surface area contributed by atoms with Gasteiger partial charge in [0.05, 0.1) is 6.10 Å². The standard InChI is InChI=1S/C9H8F2O/c10-5-3-7-6(8(11)4-5)1-2-9(7)12/h3-4,9,12H,1-2H2/t9-/m1/s1. The predicted octanol–water partition coefficient (Wildman–Crippen LogP) is 1.94. The van der Waals surface area contributed by atoms with E-state index in [1.165, 1.54) is 6.07 Å². The van der Waals surface area contributed by atoms with Crippen LogP contribution in [-0.2, 0) is 6.42 Å². The molecule has 0 spiro atoms. The Morgan fingerprint density at radius 1 is 1.33 bits per heavy atom. The lowest BCUT2D eigenvalue weighted by molar-refractivity contribution is 0.179. The normalized spacial score (nSPS) is 21.1. The van der Waals surface area contributed by atoms with Gasteiger partial charge in [-0.05, 0) is 30.0 Å². The van der Waals surface area contributed by atoms with Crippen LogP contribution in [0.3, 0.4) is 0 Å². The van der Waals surface area contributed by atoms with Crippen molar-refractivity contribution in [3.8, 4) is 0 Å². The molecule has 1 N–H and O–H groups in total. The first-order valence-corrected chi connectivity index (χ1v) is 3.84. The van der Waals surface area contributed by atoms with Gasteiger partial charge in [0.15, 0.2) is 0 Å². The van der Waals surface area contributed by atoms with E-state index in [1.54, 1.807) is 0 Å². The third kappa shape index (κ3) is 1.01. The molecule has 12 heavy (non-hydrogen) atoms. The highest BCUT2D eigenvalue weighted by atomic mass is 19.1. The fourth-order valence-electron chi connectivity index (χ4n) is 1.62. The fraction of sp³-hybridized carbons (Fsp3) is 0.333. The van der Waals surface area contributed by atoms with E-state index in [0.717, 1.165) is 6.07 Å². The van der Waals surface area contributed by atoms with E-state index in [-0.39, 0.29) is 0 Å². The zero-order valence-electron chi connectivity index (χ0n) is 6.35. The molecule has 3 heteroatoms. The minimum Gasteiger partial charge on any atom is -0.388 e. The highest BCUT2D eigenvalue weighted by molar-refractivity contribution is 5.35. The summed E-state index contributed by atoms with van der Waals surface area (Å²) >= 11 is 0. The van der Waals surface area contributed by atoms with Crippen LogP contribution in [0.5, 0.6) is 0 Å². The molecular formula is C9H8F2O. The molecule has 0 aromatic heterocycles. The van der Waals surface area contributed by atoms with E-state index >= 15 is 0 Å². The largest absolute Gasteiger partial charge is 0.388 e. The molecule has 1 aliphatic rings. The average molecular weight is 170 g/mol. The summed E-state index contributed by atoms with van der Waals surface area (Å²) in [5, 5.41) is 9.30. The van der Waals surface area contributed by atoms with Crippen LogP contribution in [0.15, 0.2) is 12.1 Å². The van der Waals surface area contributed by atoms with E-state index in [2.05, 4.69) is 0 Å². The quantitative estimate of drug-likeness (QED) is 0.630. The Morgan fingerprint density at radius 2 is 2.08 bits per heavy atom. The first-order chi connectivity index (χ1) is 5.68. The second-order valence-corrected chi connectivity index (χ2v) is 3.01. The zero-order chi connectivity index (χ0) is 8.72. The van der Waals surface area contributed by atoms with E-state index in [0.29, 0.717) is 24.0 Å². The second kappa shape index (κ2) is 2.52. The first kappa shape index (κ1) is 7.68. The van der Waals surface area contributed by atoms with Gasteiger partial charge >= 0.3 is 0 Å². The van der Waals surface area contributed by atoms with Crippen LogP contribution in [0.2, 0.25) is 0 Å². The number of aliphatic hydroxyl groups is 1. The van der Waals surface area contributed by atoms with Crippen LogP contribution in [0.4, 0.5) is 8.78 Å². The van der Waals surface area contributed by atoms with Crippen molar-refractivity contribution in [2.24, 2.45) is 0 Å². The second-order valence-electron chi connectivity index (χ2n) is 3.01. The van der Waals surface area contributed by atoms with Crippen molar-refractivity contribution in [2.45, 2.75) is 18.9 Å². The van der Waals surface area contributed by atoms with Gasteiger partial charge in [-0.25, -0.2) is 8.78 Å². The number of fused-ring (bicyclic) bond motifs is 1. The summed E-state index contributed by atoms with van der Waals surface area (Å²) in [6.45, 7) is 0. The summed E-state index contributed by atoms with van der Waals surface area (Å²) in [5.74, 6) is -1.16. The first-order valence-electron chi connectivity index (χ1n) is 3.84. The summed E-state index contributed by atoms with van der Waals surface area (Å²) < 4.78 is 25.6. The number of benzene rings is 1. The number of halogens is 2. The van der Waals surface area contributed by atoms with Crippen molar-refractivity contribution in [2.75, 3.05) is 0 Å². The Kier molecular flexibility index (Phi) is 1.61. The number of hydrogen-bond acceptors (Lipinski definition) is 1. The lowest BCUT2D eigenvalue weighted by atomic mass is 10.1. The van der Waals surface area contributed by atoms with Crippen molar-refractivity contribution in [1.29, 1.82) is 0 Å². The Balaban J connectivity index is 2.60. The maximum Gasteiger partial charge on any atom is 0.129 e. The maximum absolute atomic E-state index is 13.0. The molecule has 1 nitrogen and oxygen atoms in total. The van der Waals surface area contributed by atoms with Gasteiger partial charge in [0.1, 0.15) is 11.6 Å². The Bertz CT molecular complexity index is 323. The molecule has 0 amide bonds. The Morgan fingerprint density at radius 3 is 2.83 bits per heavy atom. The van der Waals surface area contributed by atoms with Crippen molar-refractivity contribution in [3.05, 3.63) is 34.9 Å². The molecule has 0 saturated heterocycles. The number of hydrogen-bond donors (Lipinski definition) is 1. The summed E-state index contributed by atoms with van der Waals surface area (Å²) in [4.78, 5) is 0. The lowest BCUT2D eigenvalue weighted by Crippen LogP contribution is -1.94. The molecule has 0 heterocycles. The zero-order valence-corrected chi connectivity index (χ0v) is 6.35. The summed E-state index contributed by atoms with van der Waals surface area (Å²) in [6.07, 6.45) is 0.309. The Hall–Kier alpha value is -0.960. The molecule has 1 aromatic carbocycles. The lowest BCUT2D eigenvalue weighted by Gasteiger charge is -2.03. The van der Waals surface area contributed by atoms with E-state index < -0.39 is 17.7 Å². The average Bonchev–Trinajstić information content (AvgIpc) is 2.33. The minimum atomic E-state index is -0.690.